The second-order valence-electron chi connectivity index (χ2n) is 20.4. The maximum absolute atomic E-state index is 13.0. The molecule has 0 saturated heterocycles. The van der Waals surface area contributed by atoms with E-state index >= 15 is 0 Å². The van der Waals surface area contributed by atoms with Crippen LogP contribution in [0, 0.1) is 29.6 Å². The normalized spacial score (nSPS) is 13.8. The van der Waals surface area contributed by atoms with Gasteiger partial charge in [-0.05, 0) is 74.5 Å². The first-order valence-electron chi connectivity index (χ1n) is 29.6. The van der Waals surface area contributed by atoms with Crippen LogP contribution in [0.5, 0.6) is 0 Å². The molecule has 19 heteroatoms. The molecule has 0 saturated carbocycles. The average molecular weight is 1220 g/mol. The quantitative estimate of drug-likeness (QED) is 0.0198. The summed E-state index contributed by atoms with van der Waals surface area (Å²) in [6.07, 6.45) is 21.0. The molecular formula is C57H111N3O8S8. The van der Waals surface area contributed by atoms with E-state index in [1.54, 1.807) is 32.4 Å². The number of carbonyl (C=O) groups excluding carboxylic acids is 4. The molecule has 0 N–H and O–H groups in total. The Kier molecular flexibility index (Phi) is 56.5. The highest BCUT2D eigenvalue weighted by Gasteiger charge is 2.20. The molecule has 0 aliphatic carbocycles. The van der Waals surface area contributed by atoms with E-state index in [-0.39, 0.29) is 56.2 Å². The summed E-state index contributed by atoms with van der Waals surface area (Å²) in [4.78, 5) is 57.8. The second kappa shape index (κ2) is 56.1. The molecule has 0 aliphatic heterocycles. The molecule has 11 nitrogen and oxygen atoms in total. The van der Waals surface area contributed by atoms with E-state index in [2.05, 4.69) is 88.4 Å². The third-order valence-electron chi connectivity index (χ3n) is 14.0. The summed E-state index contributed by atoms with van der Waals surface area (Å²) >= 11 is 8.85. The number of ether oxygens (including phenoxy) is 4. The van der Waals surface area contributed by atoms with Crippen molar-refractivity contribution in [2.24, 2.45) is 29.6 Å². The van der Waals surface area contributed by atoms with Crippen molar-refractivity contribution in [2.45, 2.75) is 177 Å². The number of carbonyl (C=O) groups is 4. The van der Waals surface area contributed by atoms with E-state index < -0.39 is 0 Å². The Morgan fingerprint density at radius 3 is 1.14 bits per heavy atom. The van der Waals surface area contributed by atoms with Crippen molar-refractivity contribution in [3.8, 4) is 0 Å². The van der Waals surface area contributed by atoms with Gasteiger partial charge in [-0.25, -0.2) is 0 Å². The summed E-state index contributed by atoms with van der Waals surface area (Å²) in [5, 5.41) is 0. The van der Waals surface area contributed by atoms with Gasteiger partial charge in [0, 0.05) is 92.6 Å². The minimum Gasteiger partial charge on any atom is -0.465 e. The van der Waals surface area contributed by atoms with Crippen LogP contribution in [0.4, 0.5) is 0 Å². The zero-order chi connectivity index (χ0) is 56.3. The molecule has 0 spiro atoms. The number of likely N-dealkylation sites (N-methyl/N-ethyl adjacent to an activating group) is 1. The molecule has 0 aromatic rings. The molecule has 0 aromatic heterocycles. The zero-order valence-corrected chi connectivity index (χ0v) is 55.8. The number of esters is 4. The highest BCUT2D eigenvalue weighted by molar-refractivity contribution is 8.77. The van der Waals surface area contributed by atoms with Gasteiger partial charge in [-0.2, -0.15) is 25.3 Å². The largest absolute Gasteiger partial charge is 0.465 e. The number of nitrogens with zero attached hydrogens (tertiary/aromatic N) is 3. The van der Waals surface area contributed by atoms with Gasteiger partial charge >= 0.3 is 23.9 Å². The zero-order valence-electron chi connectivity index (χ0n) is 49.1. The van der Waals surface area contributed by atoms with Crippen LogP contribution in [0.2, 0.25) is 0 Å². The first-order valence-corrected chi connectivity index (χ1v) is 38.3. The standard InChI is InChI=1S/C57H111N3O8S8/c1-9-15-19-50(13-5)46-74-71-42-38-66-55(62)27-31-60(32-28-56(63)67-39-43-72-75-47-51(14-6)20-16-10-2)36-34-58(8)33-35-59(29-25-54(61)65-37-41-69)30-26-57(64)68-40-44-73-76-48-52(21-17-11-3)24-23-49(7)53(45-70)22-18-12-4/h49-53,69-70H,9-48H2,1-8H3. The van der Waals surface area contributed by atoms with Gasteiger partial charge < -0.3 is 33.6 Å². The van der Waals surface area contributed by atoms with Gasteiger partial charge in [0.05, 0.1) is 25.7 Å². The van der Waals surface area contributed by atoms with E-state index in [0.717, 1.165) is 52.1 Å². The van der Waals surface area contributed by atoms with Gasteiger partial charge in [0.25, 0.3) is 0 Å². The lowest BCUT2D eigenvalue weighted by atomic mass is 9.85. The molecule has 0 amide bonds. The first-order chi connectivity index (χ1) is 36.9. The molecule has 0 radical (unpaired) electrons. The summed E-state index contributed by atoms with van der Waals surface area (Å²) < 4.78 is 22.3. The summed E-state index contributed by atoms with van der Waals surface area (Å²) in [5.41, 5.74) is 0. The maximum Gasteiger partial charge on any atom is 0.307 e. The molecule has 76 heavy (non-hydrogen) atoms. The minimum atomic E-state index is -0.279. The topological polar surface area (TPSA) is 115 Å². The van der Waals surface area contributed by atoms with Crippen LogP contribution in [-0.4, -0.2) is 170 Å². The van der Waals surface area contributed by atoms with Gasteiger partial charge in [0.1, 0.15) is 26.4 Å². The molecule has 0 bridgehead atoms. The fourth-order valence-electron chi connectivity index (χ4n) is 8.39. The Balaban J connectivity index is 5.25. The highest BCUT2D eigenvalue weighted by Crippen LogP contribution is 2.32. The third kappa shape index (κ3) is 47.1. The Bertz CT molecular complexity index is 1330. The fourth-order valence-corrected chi connectivity index (χ4v) is 16.1. The smallest absolute Gasteiger partial charge is 0.307 e. The van der Waals surface area contributed by atoms with Gasteiger partial charge in [0.2, 0.25) is 0 Å². The van der Waals surface area contributed by atoms with Crippen LogP contribution >= 0.6 is 90.0 Å². The summed E-state index contributed by atoms with van der Waals surface area (Å²) in [7, 11) is 13.1. The Labute approximate surface area is 501 Å². The number of hydrogen-bond acceptors (Lipinski definition) is 19. The van der Waals surface area contributed by atoms with Crippen molar-refractivity contribution < 1.29 is 38.1 Å². The van der Waals surface area contributed by atoms with Crippen LogP contribution in [-0.2, 0) is 38.1 Å². The number of thiol groups is 2. The molecule has 450 valence electrons. The third-order valence-corrected chi connectivity index (χ3v) is 22.2. The predicted octanol–water partition coefficient (Wildman–Crippen LogP) is 14.7. The first kappa shape index (κ1) is 76.6. The molecule has 0 aliphatic rings. The molecule has 5 unspecified atom stereocenters. The van der Waals surface area contributed by atoms with Crippen LogP contribution in [0.15, 0.2) is 0 Å². The van der Waals surface area contributed by atoms with Crippen LogP contribution in [0.25, 0.3) is 0 Å². The lowest BCUT2D eigenvalue weighted by Gasteiger charge is -2.27. The van der Waals surface area contributed by atoms with Crippen molar-refractivity contribution in [2.75, 3.05) is 132 Å². The molecule has 5 atom stereocenters. The Morgan fingerprint density at radius 2 is 0.789 bits per heavy atom. The van der Waals surface area contributed by atoms with Crippen molar-refractivity contribution in [3.63, 3.8) is 0 Å². The second-order valence-corrected chi connectivity index (χ2v) is 29.1. The average Bonchev–Trinajstić information content (AvgIpc) is 3.42. The molecule has 0 fully saturated rings. The lowest BCUT2D eigenvalue weighted by Crippen LogP contribution is -2.40. The predicted molar refractivity (Wildman–Crippen MR) is 346 cm³/mol. The van der Waals surface area contributed by atoms with Crippen molar-refractivity contribution >= 4 is 114 Å². The highest BCUT2D eigenvalue weighted by atomic mass is 33.1. The Morgan fingerprint density at radius 1 is 0.434 bits per heavy atom. The van der Waals surface area contributed by atoms with Gasteiger partial charge in [-0.15, -0.1) is 0 Å². The maximum atomic E-state index is 13.0. The Hall–Kier alpha value is 0.560. The molecule has 0 heterocycles. The van der Waals surface area contributed by atoms with Crippen LogP contribution in [0.3, 0.4) is 0 Å². The molecule has 0 rings (SSSR count). The van der Waals surface area contributed by atoms with Gasteiger partial charge in [0.15, 0.2) is 0 Å². The van der Waals surface area contributed by atoms with Crippen molar-refractivity contribution in [1.29, 1.82) is 0 Å². The molecular weight excluding hydrogens is 1110 g/mol. The van der Waals surface area contributed by atoms with Crippen molar-refractivity contribution in [3.05, 3.63) is 0 Å². The number of unbranched alkanes of at least 4 members (excludes halogenated alkanes) is 4. The fraction of sp³-hybridized carbons (Fsp3) is 0.930. The summed E-state index contributed by atoms with van der Waals surface area (Å²) in [6.45, 7) is 22.0. The SMILES string of the molecule is CCCCC(CC)CSSCCOC(=O)CCN(CCC(=O)OCCSSCC(CC)CCCC)CCN(C)CCN(CCC(=O)OCCS)CCC(=O)OCCSSCC(CCCC)CCC(C)C(CS)CCCC. The lowest BCUT2D eigenvalue weighted by molar-refractivity contribution is -0.145. The van der Waals surface area contributed by atoms with E-state index in [1.807, 2.05) is 39.4 Å². The monoisotopic (exact) mass is 1220 g/mol. The number of rotatable bonds is 57. The van der Waals surface area contributed by atoms with E-state index in [1.165, 1.54) is 103 Å². The van der Waals surface area contributed by atoms with Crippen LogP contribution in [0.1, 0.15) is 177 Å². The van der Waals surface area contributed by atoms with Crippen LogP contribution < -0.4 is 0 Å². The minimum absolute atomic E-state index is 0.221. The number of hydrogen-bond donors (Lipinski definition) is 2. The van der Waals surface area contributed by atoms with E-state index in [0.29, 0.717) is 95.7 Å². The van der Waals surface area contributed by atoms with Gasteiger partial charge in [-0.1, -0.05) is 184 Å². The molecule has 0 aromatic carbocycles. The van der Waals surface area contributed by atoms with E-state index in [4.69, 9.17) is 18.9 Å². The van der Waals surface area contributed by atoms with E-state index in [9.17, 15) is 19.2 Å². The van der Waals surface area contributed by atoms with Crippen molar-refractivity contribution in [1.82, 2.24) is 14.7 Å². The van der Waals surface area contributed by atoms with Gasteiger partial charge in [-0.3, -0.25) is 19.2 Å². The summed E-state index contributed by atoms with van der Waals surface area (Å²) in [5.74, 6) is 9.77. The summed E-state index contributed by atoms with van der Waals surface area (Å²) in [6, 6.07) is 0.